The fourth-order valence-electron chi connectivity index (χ4n) is 10.8. The molecule has 2 saturated heterocycles. The molecular weight excluding hydrogens is 900 g/mol. The van der Waals surface area contributed by atoms with Crippen LogP contribution in [-0.4, -0.2) is 117 Å². The second-order valence-corrected chi connectivity index (χ2v) is 19.7. The standard InChI is InChI=1S/C53H66F3N9O5/c1-33(2)63(3)39-18-22-46(65-26-23-44(52(65)69)61-49-41-28-38(53(54,55)56)17-21-43(41)59-32-60-49)45(29-39)62-50(67)36-13-11-34(12-14-36)35-15-19-40(20-16-35)70-27-8-6-5-7-25-58-51(68)42-30-47(66)64(4)48(42)37-10-9-24-57-31-37/h9-11,15-17,19-21,24,28,31-33,36,39,42,44-46,48H,5-8,12-14,18,22-23,25-27,29-30H2,1-4H3,(H,58,68)(H,62,67)(H,59,60,61)/t36?,39-,42+,44+,45-,46+,48-/m1/s1. The first-order valence-corrected chi connectivity index (χ1v) is 24.9. The minimum atomic E-state index is -4.54. The van der Waals surface area contributed by atoms with E-state index < -0.39 is 23.7 Å². The number of benzene rings is 2. The lowest BCUT2D eigenvalue weighted by Gasteiger charge is -2.45. The number of unbranched alkanes of at least 4 members (excludes halogenated alkanes) is 3. The Morgan fingerprint density at radius 2 is 1.76 bits per heavy atom. The molecule has 374 valence electrons. The summed E-state index contributed by atoms with van der Waals surface area (Å²) < 4.78 is 46.9. The number of amides is 4. The van der Waals surface area contributed by atoms with Gasteiger partial charge in [0.15, 0.2) is 0 Å². The second-order valence-electron chi connectivity index (χ2n) is 19.7. The molecule has 3 fully saturated rings. The van der Waals surface area contributed by atoms with Gasteiger partial charge in [-0.2, -0.15) is 13.2 Å². The maximum atomic E-state index is 14.1. The van der Waals surface area contributed by atoms with Gasteiger partial charge in [0, 0.05) is 62.3 Å². The van der Waals surface area contributed by atoms with Gasteiger partial charge in [0.05, 0.1) is 41.7 Å². The van der Waals surface area contributed by atoms with E-state index in [-0.39, 0.29) is 71.3 Å². The van der Waals surface area contributed by atoms with Gasteiger partial charge in [0.1, 0.15) is 23.9 Å². The number of hydrogen-bond donors (Lipinski definition) is 3. The lowest BCUT2D eigenvalue weighted by atomic mass is 9.83. The zero-order valence-corrected chi connectivity index (χ0v) is 40.6. The van der Waals surface area contributed by atoms with Crippen LogP contribution in [0, 0.1) is 11.8 Å². The van der Waals surface area contributed by atoms with Crippen molar-refractivity contribution in [2.45, 2.75) is 133 Å². The van der Waals surface area contributed by atoms with E-state index in [9.17, 15) is 32.3 Å². The van der Waals surface area contributed by atoms with Crippen molar-refractivity contribution in [1.82, 2.24) is 40.3 Å². The monoisotopic (exact) mass is 966 g/mol. The molecule has 0 radical (unpaired) electrons. The van der Waals surface area contributed by atoms with Crippen LogP contribution in [0.25, 0.3) is 16.5 Å². The number of carbonyl (C=O) groups is 4. The summed E-state index contributed by atoms with van der Waals surface area (Å²) in [5.74, 6) is 0.0483. The van der Waals surface area contributed by atoms with E-state index in [0.29, 0.717) is 63.4 Å². The summed E-state index contributed by atoms with van der Waals surface area (Å²) in [7, 11) is 3.85. The molecule has 4 aromatic rings. The van der Waals surface area contributed by atoms with Crippen LogP contribution in [0.5, 0.6) is 5.75 Å². The molecule has 17 heteroatoms. The molecule has 4 amide bonds. The van der Waals surface area contributed by atoms with Gasteiger partial charge in [0.2, 0.25) is 23.6 Å². The van der Waals surface area contributed by atoms with E-state index >= 15 is 0 Å². The molecule has 70 heavy (non-hydrogen) atoms. The third-order valence-electron chi connectivity index (χ3n) is 15.0. The average molecular weight is 966 g/mol. The van der Waals surface area contributed by atoms with Crippen molar-refractivity contribution in [2.75, 3.05) is 39.1 Å². The summed E-state index contributed by atoms with van der Waals surface area (Å²) in [5.41, 5.74) is 2.70. The maximum Gasteiger partial charge on any atom is 0.416 e. The first-order valence-electron chi connectivity index (χ1n) is 24.9. The predicted molar refractivity (Wildman–Crippen MR) is 261 cm³/mol. The molecule has 0 bridgehead atoms. The fourth-order valence-corrected chi connectivity index (χ4v) is 10.8. The van der Waals surface area contributed by atoms with E-state index in [1.165, 1.54) is 18.0 Å². The Kier molecular flexibility index (Phi) is 16.0. The number of nitrogens with zero attached hydrogens (tertiary/aromatic N) is 6. The molecule has 14 nitrogen and oxygen atoms in total. The SMILES string of the molecule is CC(C)N(C)[C@@H]1CC[C@H](N2CC[C@H](Nc3ncnc4ccc(C(F)(F)F)cc34)C2=O)[C@H](NC(=O)C2CC=C(c3ccc(OCCCCCCNC(=O)[C@H]4CC(=O)N(C)[C@@H]4c4cccnc4)cc3)CC2)C1. The molecule has 3 N–H and O–H groups in total. The van der Waals surface area contributed by atoms with Crippen LogP contribution in [-0.2, 0) is 25.4 Å². The van der Waals surface area contributed by atoms with Crippen LogP contribution in [0.3, 0.4) is 0 Å². The number of aromatic nitrogens is 3. The molecule has 2 aromatic heterocycles. The molecule has 8 rings (SSSR count). The van der Waals surface area contributed by atoms with Crippen LogP contribution in [0.1, 0.15) is 114 Å². The number of carbonyl (C=O) groups excluding carboxylic acids is 4. The number of hydrogen-bond acceptors (Lipinski definition) is 10. The highest BCUT2D eigenvalue weighted by molar-refractivity contribution is 5.93. The van der Waals surface area contributed by atoms with E-state index in [2.05, 4.69) is 74.9 Å². The zero-order chi connectivity index (χ0) is 49.5. The number of allylic oxidation sites excluding steroid dienone is 2. The Balaban J connectivity index is 0.789. The Morgan fingerprint density at radius 1 is 0.957 bits per heavy atom. The molecule has 1 unspecified atom stereocenters. The summed E-state index contributed by atoms with van der Waals surface area (Å²) in [4.78, 5) is 72.1. The maximum absolute atomic E-state index is 14.1. The molecule has 4 aliphatic rings. The van der Waals surface area contributed by atoms with Crippen molar-refractivity contribution in [1.29, 1.82) is 0 Å². The molecule has 0 spiro atoms. The van der Waals surface area contributed by atoms with Gasteiger partial charge in [0.25, 0.3) is 0 Å². The highest BCUT2D eigenvalue weighted by Crippen LogP contribution is 2.38. The highest BCUT2D eigenvalue weighted by Gasteiger charge is 2.45. The third kappa shape index (κ3) is 11.7. The molecule has 2 aliphatic carbocycles. The summed E-state index contributed by atoms with van der Waals surface area (Å²) in [5, 5.41) is 9.80. The summed E-state index contributed by atoms with van der Waals surface area (Å²) in [6, 6.07) is 14.2. The molecule has 7 atom stereocenters. The first-order chi connectivity index (χ1) is 33.7. The van der Waals surface area contributed by atoms with E-state index in [4.69, 9.17) is 4.74 Å². The Bertz CT molecular complexity index is 2510. The van der Waals surface area contributed by atoms with Gasteiger partial charge >= 0.3 is 6.18 Å². The van der Waals surface area contributed by atoms with Crippen LogP contribution in [0.2, 0.25) is 0 Å². The number of fused-ring (bicyclic) bond motifs is 1. The lowest BCUT2D eigenvalue weighted by molar-refractivity contribution is -0.137. The number of anilines is 1. The molecule has 1 saturated carbocycles. The van der Waals surface area contributed by atoms with Gasteiger partial charge < -0.3 is 35.4 Å². The van der Waals surface area contributed by atoms with Crippen LogP contribution < -0.4 is 20.7 Å². The lowest BCUT2D eigenvalue weighted by Crippen LogP contribution is -2.59. The number of nitrogens with one attached hydrogen (secondary N) is 3. The number of alkyl halides is 3. The molecule has 4 heterocycles. The second kappa shape index (κ2) is 22.3. The van der Waals surface area contributed by atoms with Crippen molar-refractivity contribution < 1.29 is 37.1 Å². The number of rotatable bonds is 18. The minimum absolute atomic E-state index is 0.00868. The first kappa shape index (κ1) is 50.3. The topological polar surface area (TPSA) is 162 Å². The van der Waals surface area contributed by atoms with E-state index in [1.807, 2.05) is 29.2 Å². The van der Waals surface area contributed by atoms with Crippen LogP contribution in [0.4, 0.5) is 19.0 Å². The van der Waals surface area contributed by atoms with Gasteiger partial charge in [-0.3, -0.25) is 24.2 Å². The molecular formula is C53H66F3N9O5. The van der Waals surface area contributed by atoms with Gasteiger partial charge in [-0.15, -0.1) is 0 Å². The number of halogens is 3. The van der Waals surface area contributed by atoms with Crippen molar-refractivity contribution in [3.63, 3.8) is 0 Å². The third-order valence-corrected chi connectivity index (χ3v) is 15.0. The van der Waals surface area contributed by atoms with Crippen molar-refractivity contribution in [2.24, 2.45) is 11.8 Å². The fraction of sp³-hybridized carbons (Fsp3) is 0.528. The van der Waals surface area contributed by atoms with Crippen molar-refractivity contribution >= 4 is 45.9 Å². The van der Waals surface area contributed by atoms with Crippen molar-refractivity contribution in [3.05, 3.63) is 96.1 Å². The zero-order valence-electron chi connectivity index (χ0n) is 40.6. The highest BCUT2D eigenvalue weighted by atomic mass is 19.4. The number of pyridine rings is 1. The largest absolute Gasteiger partial charge is 0.494 e. The summed E-state index contributed by atoms with van der Waals surface area (Å²) in [6.07, 6.45) is 10.9. The number of ether oxygens (including phenoxy) is 1. The van der Waals surface area contributed by atoms with Gasteiger partial charge in [-0.25, -0.2) is 9.97 Å². The van der Waals surface area contributed by atoms with Crippen LogP contribution in [0.15, 0.2) is 79.4 Å². The normalized spacial score (nSPS) is 24.1. The van der Waals surface area contributed by atoms with Gasteiger partial charge in [-0.05, 0) is 132 Å². The van der Waals surface area contributed by atoms with Gasteiger partial charge in [-0.1, -0.05) is 37.1 Å². The summed E-state index contributed by atoms with van der Waals surface area (Å²) in [6.45, 7) is 5.91. The Morgan fingerprint density at radius 3 is 2.49 bits per heavy atom. The quantitative estimate of drug-likeness (QED) is 0.0835. The predicted octanol–water partition coefficient (Wildman–Crippen LogP) is 7.96. The van der Waals surface area contributed by atoms with Crippen molar-refractivity contribution in [3.8, 4) is 5.75 Å². The smallest absolute Gasteiger partial charge is 0.416 e. The van der Waals surface area contributed by atoms with E-state index in [1.54, 1.807) is 24.3 Å². The Hall–Kier alpha value is -6.10. The average Bonchev–Trinajstić information content (AvgIpc) is 3.88. The minimum Gasteiger partial charge on any atom is -0.494 e. The Labute approximate surface area is 408 Å². The molecule has 2 aromatic carbocycles. The van der Waals surface area contributed by atoms with E-state index in [0.717, 1.165) is 67.5 Å². The number of likely N-dealkylation sites (tertiary alicyclic amines) is 2. The van der Waals surface area contributed by atoms with Crippen LogP contribution >= 0.6 is 0 Å². The molecule has 2 aliphatic heterocycles. The summed E-state index contributed by atoms with van der Waals surface area (Å²) >= 11 is 0.